The van der Waals surface area contributed by atoms with Crippen LogP contribution >= 0.6 is 0 Å². The number of ether oxygens (including phenoxy) is 1. The number of para-hydroxylation sites is 1. The topological polar surface area (TPSA) is 42.4 Å². The van der Waals surface area contributed by atoms with Crippen molar-refractivity contribution in [2.75, 3.05) is 0 Å². The minimum Gasteiger partial charge on any atom is -0.489 e. The number of aliphatic hydroxyl groups excluding tert-OH is 1. The average Bonchev–Trinajstić information content (AvgIpc) is 2.53. The molecule has 0 aliphatic carbocycles. The first kappa shape index (κ1) is 13.6. The van der Waals surface area contributed by atoms with Crippen molar-refractivity contribution in [1.82, 2.24) is 4.98 Å². The van der Waals surface area contributed by atoms with Gasteiger partial charge in [-0.3, -0.25) is 4.98 Å². The van der Waals surface area contributed by atoms with Crippen LogP contribution in [-0.2, 0) is 6.61 Å². The van der Waals surface area contributed by atoms with Crippen molar-refractivity contribution in [3.05, 3.63) is 71.9 Å². The van der Waals surface area contributed by atoms with Gasteiger partial charge in [-0.05, 0) is 36.8 Å². The second kappa shape index (κ2) is 5.94. The molecule has 0 saturated carbocycles. The first-order chi connectivity index (χ1) is 10.2. The van der Waals surface area contributed by atoms with Gasteiger partial charge in [0.1, 0.15) is 12.4 Å². The number of aliphatic hydroxyl groups is 1. The average molecular weight is 279 g/mol. The van der Waals surface area contributed by atoms with Crippen molar-refractivity contribution in [2.24, 2.45) is 0 Å². The van der Waals surface area contributed by atoms with Crippen LogP contribution in [0.15, 0.2) is 60.8 Å². The summed E-state index contributed by atoms with van der Waals surface area (Å²) in [6.07, 6.45) is 1.35. The monoisotopic (exact) mass is 279 g/mol. The van der Waals surface area contributed by atoms with Gasteiger partial charge < -0.3 is 9.84 Å². The normalized spacial score (nSPS) is 12.3. The van der Waals surface area contributed by atoms with Crippen LogP contribution in [0.3, 0.4) is 0 Å². The third-order valence-corrected chi connectivity index (χ3v) is 3.50. The number of fused-ring (bicyclic) bond motifs is 1. The van der Waals surface area contributed by atoms with Gasteiger partial charge in [-0.25, -0.2) is 0 Å². The van der Waals surface area contributed by atoms with Gasteiger partial charge in [0.2, 0.25) is 0 Å². The molecular weight excluding hydrogens is 262 g/mol. The van der Waals surface area contributed by atoms with Gasteiger partial charge in [0.05, 0.1) is 11.6 Å². The molecule has 0 aliphatic heterocycles. The molecular formula is C18H17NO2. The van der Waals surface area contributed by atoms with Crippen LogP contribution in [0.5, 0.6) is 5.75 Å². The first-order valence-corrected chi connectivity index (χ1v) is 6.97. The zero-order chi connectivity index (χ0) is 14.7. The Balaban J connectivity index is 1.77. The van der Waals surface area contributed by atoms with E-state index in [-0.39, 0.29) is 0 Å². The van der Waals surface area contributed by atoms with Crippen molar-refractivity contribution in [2.45, 2.75) is 19.6 Å². The highest BCUT2D eigenvalue weighted by Crippen LogP contribution is 2.21. The molecule has 3 nitrogen and oxygen atoms in total. The van der Waals surface area contributed by atoms with Gasteiger partial charge in [-0.15, -0.1) is 0 Å². The lowest BCUT2D eigenvalue weighted by Gasteiger charge is -2.10. The maximum absolute atomic E-state index is 9.49. The predicted molar refractivity (Wildman–Crippen MR) is 83.2 cm³/mol. The minimum absolute atomic E-state index is 0.455. The van der Waals surface area contributed by atoms with Crippen molar-refractivity contribution >= 4 is 10.9 Å². The van der Waals surface area contributed by atoms with E-state index in [2.05, 4.69) is 11.1 Å². The molecule has 0 spiro atoms. The van der Waals surface area contributed by atoms with E-state index >= 15 is 0 Å². The van der Waals surface area contributed by atoms with Crippen LogP contribution in [0.25, 0.3) is 10.9 Å². The third-order valence-electron chi connectivity index (χ3n) is 3.50. The van der Waals surface area contributed by atoms with E-state index in [4.69, 9.17) is 4.74 Å². The largest absolute Gasteiger partial charge is 0.489 e. The lowest BCUT2D eigenvalue weighted by Crippen LogP contribution is -1.98. The van der Waals surface area contributed by atoms with Gasteiger partial charge >= 0.3 is 0 Å². The van der Waals surface area contributed by atoms with E-state index in [9.17, 15) is 5.11 Å². The summed E-state index contributed by atoms with van der Waals surface area (Å²) in [5.41, 5.74) is 2.97. The molecule has 3 rings (SSSR count). The molecule has 1 N–H and O–H groups in total. The molecule has 106 valence electrons. The maximum Gasteiger partial charge on any atom is 0.119 e. The molecule has 0 aliphatic rings. The van der Waals surface area contributed by atoms with Gasteiger partial charge in [0.15, 0.2) is 0 Å². The number of pyridine rings is 1. The van der Waals surface area contributed by atoms with Crippen LogP contribution in [0.4, 0.5) is 0 Å². The molecule has 0 radical (unpaired) electrons. The predicted octanol–water partition coefficient (Wildman–Crippen LogP) is 3.87. The molecule has 1 aromatic heterocycles. The smallest absolute Gasteiger partial charge is 0.119 e. The van der Waals surface area contributed by atoms with Crippen LogP contribution in [0.2, 0.25) is 0 Å². The maximum atomic E-state index is 9.49. The Morgan fingerprint density at radius 2 is 1.81 bits per heavy atom. The van der Waals surface area contributed by atoms with Gasteiger partial charge in [0.25, 0.3) is 0 Å². The van der Waals surface area contributed by atoms with Gasteiger partial charge in [-0.2, -0.15) is 0 Å². The SMILES string of the molecule is C[C@H](O)c1ccc(OCc2ccnc3ccccc23)cc1. The standard InChI is InChI=1S/C18H17NO2/c1-13(20)14-6-8-16(9-7-14)21-12-15-10-11-19-18-5-3-2-4-17(15)18/h2-11,13,20H,12H2,1H3/t13-/m0/s1. The fourth-order valence-corrected chi connectivity index (χ4v) is 2.28. The molecule has 0 amide bonds. The number of nitrogens with zero attached hydrogens (tertiary/aromatic N) is 1. The fraction of sp³-hybridized carbons (Fsp3) is 0.167. The minimum atomic E-state index is -0.455. The number of hydrogen-bond donors (Lipinski definition) is 1. The van der Waals surface area contributed by atoms with Crippen molar-refractivity contribution in [3.8, 4) is 5.75 Å². The molecule has 0 unspecified atom stereocenters. The molecule has 0 fully saturated rings. The van der Waals surface area contributed by atoms with Gasteiger partial charge in [-0.1, -0.05) is 30.3 Å². The van der Waals surface area contributed by atoms with Crippen LogP contribution in [-0.4, -0.2) is 10.1 Å². The summed E-state index contributed by atoms with van der Waals surface area (Å²) in [6, 6.07) is 17.5. The van der Waals surface area contributed by atoms with E-state index in [1.807, 2.05) is 48.5 Å². The summed E-state index contributed by atoms with van der Waals surface area (Å²) >= 11 is 0. The number of aromatic nitrogens is 1. The Morgan fingerprint density at radius 1 is 1.05 bits per heavy atom. The Labute approximate surface area is 123 Å². The van der Waals surface area contributed by atoms with E-state index in [0.29, 0.717) is 6.61 Å². The molecule has 2 aromatic carbocycles. The number of hydrogen-bond acceptors (Lipinski definition) is 3. The highest BCUT2D eigenvalue weighted by molar-refractivity contribution is 5.81. The van der Waals surface area contributed by atoms with Crippen LogP contribution < -0.4 is 4.74 Å². The van der Waals surface area contributed by atoms with Crippen LogP contribution in [0, 0.1) is 0 Å². The van der Waals surface area contributed by atoms with E-state index in [0.717, 1.165) is 27.8 Å². The number of rotatable bonds is 4. The highest BCUT2D eigenvalue weighted by Gasteiger charge is 2.04. The second-order valence-corrected chi connectivity index (χ2v) is 5.02. The molecule has 0 saturated heterocycles. The first-order valence-electron chi connectivity index (χ1n) is 6.97. The Morgan fingerprint density at radius 3 is 2.57 bits per heavy atom. The summed E-state index contributed by atoms with van der Waals surface area (Å²) < 4.78 is 5.83. The zero-order valence-corrected chi connectivity index (χ0v) is 11.9. The molecule has 1 atom stereocenters. The summed E-state index contributed by atoms with van der Waals surface area (Å²) in [7, 11) is 0. The zero-order valence-electron chi connectivity index (χ0n) is 11.9. The lowest BCUT2D eigenvalue weighted by atomic mass is 10.1. The quantitative estimate of drug-likeness (QED) is 0.788. The van der Waals surface area contributed by atoms with E-state index in [1.165, 1.54) is 0 Å². The summed E-state index contributed by atoms with van der Waals surface area (Å²) in [5, 5.41) is 10.6. The third kappa shape index (κ3) is 3.03. The summed E-state index contributed by atoms with van der Waals surface area (Å²) in [6.45, 7) is 2.25. The fourth-order valence-electron chi connectivity index (χ4n) is 2.28. The Kier molecular flexibility index (Phi) is 3.84. The van der Waals surface area contributed by atoms with Crippen LogP contribution in [0.1, 0.15) is 24.2 Å². The van der Waals surface area contributed by atoms with Crippen molar-refractivity contribution < 1.29 is 9.84 Å². The lowest BCUT2D eigenvalue weighted by molar-refractivity contribution is 0.199. The molecule has 0 bridgehead atoms. The Bertz CT molecular complexity index is 730. The van der Waals surface area contributed by atoms with Crippen molar-refractivity contribution in [3.63, 3.8) is 0 Å². The molecule has 3 heteroatoms. The second-order valence-electron chi connectivity index (χ2n) is 5.02. The van der Waals surface area contributed by atoms with Crippen molar-refractivity contribution in [1.29, 1.82) is 0 Å². The Hall–Kier alpha value is -2.39. The summed E-state index contributed by atoms with van der Waals surface area (Å²) in [4.78, 5) is 4.34. The number of benzene rings is 2. The van der Waals surface area contributed by atoms with E-state index < -0.39 is 6.10 Å². The summed E-state index contributed by atoms with van der Waals surface area (Å²) in [5.74, 6) is 0.792. The highest BCUT2D eigenvalue weighted by atomic mass is 16.5. The van der Waals surface area contributed by atoms with Gasteiger partial charge in [0, 0.05) is 17.1 Å². The molecule has 3 aromatic rings. The van der Waals surface area contributed by atoms with E-state index in [1.54, 1.807) is 13.1 Å². The molecule has 21 heavy (non-hydrogen) atoms. The molecule has 1 heterocycles.